The van der Waals surface area contributed by atoms with Crippen molar-refractivity contribution in [1.29, 1.82) is 0 Å². The van der Waals surface area contributed by atoms with Crippen molar-refractivity contribution in [2.24, 2.45) is 0 Å². The Labute approximate surface area is 150 Å². The molecule has 124 valence electrons. The minimum atomic E-state index is -0.445. The van der Waals surface area contributed by atoms with Crippen LogP contribution in [0.4, 0.5) is 0 Å². The predicted molar refractivity (Wildman–Crippen MR) is 97.3 cm³/mol. The van der Waals surface area contributed by atoms with Gasteiger partial charge in [0, 0.05) is 22.9 Å². The average molecular weight is 369 g/mol. The van der Waals surface area contributed by atoms with Gasteiger partial charge in [-0.25, -0.2) is 9.78 Å². The SMILES string of the molecule is O=C(Cc1csc(-c2cccs2)n1)Oc1ccc2ccc(=O)oc2c1. The molecule has 0 atom stereocenters. The van der Waals surface area contributed by atoms with Crippen LogP contribution in [0.2, 0.25) is 0 Å². The third-order valence-corrected chi connectivity index (χ3v) is 5.37. The van der Waals surface area contributed by atoms with Crippen LogP contribution in [-0.4, -0.2) is 11.0 Å². The van der Waals surface area contributed by atoms with E-state index in [0.717, 1.165) is 15.3 Å². The largest absolute Gasteiger partial charge is 0.426 e. The maximum absolute atomic E-state index is 12.1. The molecule has 0 radical (unpaired) electrons. The number of ether oxygens (including phenoxy) is 1. The summed E-state index contributed by atoms with van der Waals surface area (Å²) in [6.07, 6.45) is 0.0820. The third kappa shape index (κ3) is 3.52. The highest BCUT2D eigenvalue weighted by atomic mass is 32.1. The second kappa shape index (κ2) is 6.62. The number of hydrogen-bond donors (Lipinski definition) is 0. The van der Waals surface area contributed by atoms with Crippen molar-refractivity contribution < 1.29 is 13.9 Å². The highest BCUT2D eigenvalue weighted by Crippen LogP contribution is 2.28. The molecule has 5 nitrogen and oxygen atoms in total. The lowest BCUT2D eigenvalue weighted by atomic mass is 10.2. The van der Waals surface area contributed by atoms with Gasteiger partial charge in [-0.05, 0) is 29.6 Å². The van der Waals surface area contributed by atoms with Gasteiger partial charge in [-0.1, -0.05) is 6.07 Å². The molecule has 3 heterocycles. The molecule has 7 heteroatoms. The lowest BCUT2D eigenvalue weighted by molar-refractivity contribution is -0.133. The van der Waals surface area contributed by atoms with E-state index in [1.165, 1.54) is 23.5 Å². The second-order valence-electron chi connectivity index (χ2n) is 5.23. The highest BCUT2D eigenvalue weighted by molar-refractivity contribution is 7.20. The van der Waals surface area contributed by atoms with Crippen molar-refractivity contribution in [3.63, 3.8) is 0 Å². The van der Waals surface area contributed by atoms with Crippen molar-refractivity contribution in [1.82, 2.24) is 4.98 Å². The zero-order valence-corrected chi connectivity index (χ0v) is 14.4. The fourth-order valence-electron chi connectivity index (χ4n) is 2.32. The molecular formula is C18H11NO4S2. The molecule has 25 heavy (non-hydrogen) atoms. The summed E-state index contributed by atoms with van der Waals surface area (Å²) in [5, 5.41) is 5.50. The first-order valence-electron chi connectivity index (χ1n) is 7.40. The van der Waals surface area contributed by atoms with Crippen LogP contribution in [0.3, 0.4) is 0 Å². The van der Waals surface area contributed by atoms with Gasteiger partial charge in [-0.15, -0.1) is 22.7 Å². The number of thiophene rings is 1. The smallest absolute Gasteiger partial charge is 0.336 e. The van der Waals surface area contributed by atoms with Gasteiger partial charge in [0.1, 0.15) is 16.3 Å². The van der Waals surface area contributed by atoms with Crippen LogP contribution in [0, 0.1) is 0 Å². The zero-order valence-electron chi connectivity index (χ0n) is 12.8. The molecule has 0 bridgehead atoms. The first-order valence-corrected chi connectivity index (χ1v) is 9.16. The van der Waals surface area contributed by atoms with Crippen LogP contribution in [0.1, 0.15) is 5.69 Å². The Balaban J connectivity index is 1.48. The minimum Gasteiger partial charge on any atom is -0.426 e. The number of thiazole rings is 1. The maximum Gasteiger partial charge on any atom is 0.336 e. The number of nitrogens with zero attached hydrogens (tertiary/aromatic N) is 1. The monoisotopic (exact) mass is 369 g/mol. The number of esters is 1. The summed E-state index contributed by atoms with van der Waals surface area (Å²) in [5.74, 6) is -0.0822. The first-order chi connectivity index (χ1) is 12.2. The van der Waals surface area contributed by atoms with Gasteiger partial charge in [-0.3, -0.25) is 4.79 Å². The molecule has 0 saturated carbocycles. The van der Waals surface area contributed by atoms with Crippen molar-refractivity contribution in [3.05, 3.63) is 69.3 Å². The molecule has 4 aromatic rings. The molecule has 0 unspecified atom stereocenters. The maximum atomic E-state index is 12.1. The van der Waals surface area contributed by atoms with Gasteiger partial charge in [-0.2, -0.15) is 0 Å². The molecule has 0 saturated heterocycles. The molecule has 1 aromatic carbocycles. The van der Waals surface area contributed by atoms with Crippen molar-refractivity contribution in [3.8, 4) is 15.6 Å². The van der Waals surface area contributed by atoms with E-state index in [0.29, 0.717) is 17.0 Å². The number of carbonyl (C=O) groups excluding carboxylic acids is 1. The lowest BCUT2D eigenvalue weighted by Gasteiger charge is -2.04. The van der Waals surface area contributed by atoms with Gasteiger partial charge < -0.3 is 9.15 Å². The number of benzene rings is 1. The molecule has 0 spiro atoms. The van der Waals surface area contributed by atoms with E-state index < -0.39 is 11.6 Å². The van der Waals surface area contributed by atoms with Gasteiger partial charge in [0.2, 0.25) is 0 Å². The number of carbonyl (C=O) groups is 1. The highest BCUT2D eigenvalue weighted by Gasteiger charge is 2.12. The van der Waals surface area contributed by atoms with E-state index in [1.54, 1.807) is 29.5 Å². The lowest BCUT2D eigenvalue weighted by Crippen LogP contribution is -2.11. The summed E-state index contributed by atoms with van der Waals surface area (Å²) in [6.45, 7) is 0. The van der Waals surface area contributed by atoms with Crippen LogP contribution >= 0.6 is 22.7 Å². The standard InChI is InChI=1S/C18H11NO4S2/c20-16-6-4-11-3-5-13(9-14(11)23-16)22-17(21)8-12-10-25-18(19-12)15-2-1-7-24-15/h1-7,9-10H,8H2. The fraction of sp³-hybridized carbons (Fsp3) is 0.0556. The van der Waals surface area contributed by atoms with E-state index in [4.69, 9.17) is 9.15 Å². The molecule has 0 fully saturated rings. The summed E-state index contributed by atoms with van der Waals surface area (Å²) in [4.78, 5) is 29.0. The topological polar surface area (TPSA) is 69.4 Å². The quantitative estimate of drug-likeness (QED) is 0.307. The number of hydrogen-bond acceptors (Lipinski definition) is 7. The molecule has 0 N–H and O–H groups in total. The van der Waals surface area contributed by atoms with E-state index in [1.807, 2.05) is 22.9 Å². The summed E-state index contributed by atoms with van der Waals surface area (Å²) in [7, 11) is 0. The van der Waals surface area contributed by atoms with Crippen LogP contribution in [0.5, 0.6) is 5.75 Å². The van der Waals surface area contributed by atoms with Crippen molar-refractivity contribution >= 4 is 39.6 Å². The van der Waals surface area contributed by atoms with Gasteiger partial charge in [0.15, 0.2) is 0 Å². The second-order valence-corrected chi connectivity index (χ2v) is 7.03. The number of fused-ring (bicyclic) bond motifs is 1. The van der Waals surface area contributed by atoms with Gasteiger partial charge in [0.25, 0.3) is 0 Å². The van der Waals surface area contributed by atoms with E-state index in [2.05, 4.69) is 4.98 Å². The zero-order chi connectivity index (χ0) is 17.2. The Hall–Kier alpha value is -2.77. The average Bonchev–Trinajstić information content (AvgIpc) is 3.25. The fourth-order valence-corrected chi connectivity index (χ4v) is 3.96. The normalized spacial score (nSPS) is 10.9. The molecule has 0 amide bonds. The summed E-state index contributed by atoms with van der Waals surface area (Å²) in [5.41, 5.74) is 0.608. The van der Waals surface area contributed by atoms with Crippen LogP contribution in [0.15, 0.2) is 62.4 Å². The Morgan fingerprint density at radius 2 is 2.04 bits per heavy atom. The Kier molecular flexibility index (Phi) is 4.17. The molecule has 0 aliphatic rings. The van der Waals surface area contributed by atoms with E-state index in [-0.39, 0.29) is 6.42 Å². The van der Waals surface area contributed by atoms with Crippen molar-refractivity contribution in [2.45, 2.75) is 6.42 Å². The molecule has 0 aliphatic carbocycles. The molecule has 3 aromatic heterocycles. The van der Waals surface area contributed by atoms with Gasteiger partial charge in [0.05, 0.1) is 17.0 Å². The minimum absolute atomic E-state index is 0.0820. The van der Waals surface area contributed by atoms with Gasteiger partial charge >= 0.3 is 11.6 Å². The Bertz CT molecular complexity index is 1100. The number of rotatable bonds is 4. The molecular weight excluding hydrogens is 358 g/mol. The molecule has 0 aliphatic heterocycles. The Morgan fingerprint density at radius 1 is 1.16 bits per heavy atom. The number of aromatic nitrogens is 1. The van der Waals surface area contributed by atoms with E-state index >= 15 is 0 Å². The first kappa shape index (κ1) is 15.7. The Morgan fingerprint density at radius 3 is 2.88 bits per heavy atom. The summed E-state index contributed by atoms with van der Waals surface area (Å²) >= 11 is 3.11. The van der Waals surface area contributed by atoms with Crippen molar-refractivity contribution in [2.75, 3.05) is 0 Å². The van der Waals surface area contributed by atoms with E-state index in [9.17, 15) is 9.59 Å². The van der Waals surface area contributed by atoms with Crippen LogP contribution in [-0.2, 0) is 11.2 Å². The molecule has 4 rings (SSSR count). The summed E-state index contributed by atoms with van der Waals surface area (Å²) in [6, 6.07) is 11.9. The third-order valence-electron chi connectivity index (χ3n) is 3.44. The van der Waals surface area contributed by atoms with Crippen LogP contribution in [0.25, 0.3) is 20.9 Å². The predicted octanol–water partition coefficient (Wildman–Crippen LogP) is 4.13. The summed E-state index contributed by atoms with van der Waals surface area (Å²) < 4.78 is 10.4. The van der Waals surface area contributed by atoms with Crippen LogP contribution < -0.4 is 10.4 Å².